The molecule has 0 radical (unpaired) electrons. The van der Waals surface area contributed by atoms with Gasteiger partial charge in [-0.2, -0.15) is 5.10 Å². The van der Waals surface area contributed by atoms with Gasteiger partial charge in [-0.25, -0.2) is 4.68 Å². The third-order valence-corrected chi connectivity index (χ3v) is 2.48. The summed E-state index contributed by atoms with van der Waals surface area (Å²) in [6.07, 6.45) is 5.42. The molecule has 2 aromatic rings. The Kier molecular flexibility index (Phi) is 4.02. The molecule has 0 aliphatic carbocycles. The molecule has 0 unspecified atom stereocenters. The third kappa shape index (κ3) is 3.13. The first-order chi connectivity index (χ1) is 8.81. The highest BCUT2D eigenvalue weighted by Crippen LogP contribution is 2.17. The molecule has 4 heteroatoms. The van der Waals surface area contributed by atoms with Crippen molar-refractivity contribution >= 4 is 11.9 Å². The van der Waals surface area contributed by atoms with Crippen LogP contribution >= 0.6 is 0 Å². The molecule has 4 nitrogen and oxygen atoms in total. The molecule has 0 saturated carbocycles. The predicted octanol–water partition coefficient (Wildman–Crippen LogP) is 2.99. The number of nitrogens with zero attached hydrogens (tertiary/aromatic N) is 2. The Morgan fingerprint density at radius 3 is 3.11 bits per heavy atom. The fraction of sp³-hybridized carbons (Fsp3) is 0.214. The Morgan fingerprint density at radius 2 is 2.39 bits per heavy atom. The second-order valence-corrected chi connectivity index (χ2v) is 3.83. The van der Waals surface area contributed by atoms with Crippen LogP contribution in [0, 0.1) is 0 Å². The van der Waals surface area contributed by atoms with Crippen molar-refractivity contribution in [2.24, 2.45) is 0 Å². The Morgan fingerprint density at radius 1 is 1.50 bits per heavy atom. The van der Waals surface area contributed by atoms with E-state index in [2.05, 4.69) is 17.0 Å². The first-order valence-electron chi connectivity index (χ1n) is 5.94. The van der Waals surface area contributed by atoms with Gasteiger partial charge in [0, 0.05) is 36.3 Å². The lowest BCUT2D eigenvalue weighted by Crippen LogP contribution is -1.99. The number of rotatable bonds is 6. The average Bonchev–Trinajstić information content (AvgIpc) is 2.85. The van der Waals surface area contributed by atoms with Crippen LogP contribution in [0.4, 0.5) is 5.69 Å². The van der Waals surface area contributed by atoms with Gasteiger partial charge in [-0.15, -0.1) is 0 Å². The van der Waals surface area contributed by atoms with Gasteiger partial charge in [-0.1, -0.05) is 12.6 Å². The van der Waals surface area contributed by atoms with Crippen LogP contribution < -0.4 is 10.1 Å². The number of ether oxygens (including phenoxy) is 1. The first-order valence-corrected chi connectivity index (χ1v) is 5.94. The molecule has 2 rings (SSSR count). The monoisotopic (exact) mass is 243 g/mol. The zero-order chi connectivity index (χ0) is 12.8. The number of benzene rings is 1. The first kappa shape index (κ1) is 12.2. The molecule has 0 aliphatic rings. The Bertz CT molecular complexity index is 519. The largest absolute Gasteiger partial charge is 0.494 e. The van der Waals surface area contributed by atoms with Crippen molar-refractivity contribution < 1.29 is 4.74 Å². The number of aromatic nitrogens is 2. The molecular weight excluding hydrogens is 226 g/mol. The van der Waals surface area contributed by atoms with Crippen LogP contribution in [-0.2, 0) is 6.54 Å². The molecule has 1 heterocycles. The molecule has 18 heavy (non-hydrogen) atoms. The predicted molar refractivity (Wildman–Crippen MR) is 73.6 cm³/mol. The van der Waals surface area contributed by atoms with E-state index in [9.17, 15) is 0 Å². The van der Waals surface area contributed by atoms with Crippen molar-refractivity contribution in [1.82, 2.24) is 9.78 Å². The highest BCUT2D eigenvalue weighted by atomic mass is 16.5. The average molecular weight is 243 g/mol. The van der Waals surface area contributed by atoms with Crippen molar-refractivity contribution in [1.29, 1.82) is 0 Å². The zero-order valence-electron chi connectivity index (χ0n) is 10.5. The van der Waals surface area contributed by atoms with Crippen molar-refractivity contribution in [2.75, 3.05) is 11.9 Å². The molecule has 0 amide bonds. The van der Waals surface area contributed by atoms with Crippen LogP contribution in [0.2, 0.25) is 0 Å². The van der Waals surface area contributed by atoms with Gasteiger partial charge in [0.2, 0.25) is 0 Å². The summed E-state index contributed by atoms with van der Waals surface area (Å²) in [6, 6.07) is 7.92. The maximum atomic E-state index is 5.45. The van der Waals surface area contributed by atoms with E-state index in [1.807, 2.05) is 43.6 Å². The van der Waals surface area contributed by atoms with Gasteiger partial charge in [0.05, 0.1) is 12.8 Å². The van der Waals surface area contributed by atoms with E-state index in [0.717, 1.165) is 23.5 Å². The van der Waals surface area contributed by atoms with Crippen molar-refractivity contribution in [3.8, 4) is 5.75 Å². The van der Waals surface area contributed by atoms with E-state index < -0.39 is 0 Å². The van der Waals surface area contributed by atoms with Crippen molar-refractivity contribution in [2.45, 2.75) is 13.5 Å². The van der Waals surface area contributed by atoms with Crippen LogP contribution in [0.15, 0.2) is 43.2 Å². The van der Waals surface area contributed by atoms with Crippen LogP contribution in [0.5, 0.6) is 5.75 Å². The molecule has 0 aliphatic heterocycles. The van der Waals surface area contributed by atoms with Gasteiger partial charge in [0.1, 0.15) is 5.75 Å². The summed E-state index contributed by atoms with van der Waals surface area (Å²) in [5.74, 6) is 0.879. The molecule has 94 valence electrons. The lowest BCUT2D eigenvalue weighted by molar-refractivity contribution is 0.340. The molecule has 0 bridgehead atoms. The second kappa shape index (κ2) is 5.91. The standard InChI is InChI=1S/C14H17N3O/c1-3-17-11-12(10-16-17)9-15-13-6-5-7-14(8-13)18-4-2/h3,5-8,10-11,15H,1,4,9H2,2H3. The maximum absolute atomic E-state index is 5.45. The van der Waals surface area contributed by atoms with E-state index in [0.29, 0.717) is 6.61 Å². The fourth-order valence-electron chi connectivity index (χ4n) is 1.64. The molecule has 0 atom stereocenters. The van der Waals surface area contributed by atoms with Crippen molar-refractivity contribution in [3.63, 3.8) is 0 Å². The van der Waals surface area contributed by atoms with Gasteiger partial charge >= 0.3 is 0 Å². The summed E-state index contributed by atoms with van der Waals surface area (Å²) >= 11 is 0. The number of nitrogens with one attached hydrogen (secondary N) is 1. The summed E-state index contributed by atoms with van der Waals surface area (Å²) in [4.78, 5) is 0. The zero-order valence-corrected chi connectivity index (χ0v) is 10.5. The summed E-state index contributed by atoms with van der Waals surface area (Å²) in [5.41, 5.74) is 2.14. The number of hydrogen-bond donors (Lipinski definition) is 1. The van der Waals surface area contributed by atoms with E-state index in [4.69, 9.17) is 4.74 Å². The molecule has 1 aromatic carbocycles. The Balaban J connectivity index is 1.96. The fourth-order valence-corrected chi connectivity index (χ4v) is 1.64. The summed E-state index contributed by atoms with van der Waals surface area (Å²) < 4.78 is 7.14. The minimum Gasteiger partial charge on any atom is -0.494 e. The minimum atomic E-state index is 0.676. The van der Waals surface area contributed by atoms with Crippen LogP contribution in [-0.4, -0.2) is 16.4 Å². The maximum Gasteiger partial charge on any atom is 0.121 e. The number of hydrogen-bond acceptors (Lipinski definition) is 3. The minimum absolute atomic E-state index is 0.676. The highest BCUT2D eigenvalue weighted by Gasteiger charge is 1.98. The highest BCUT2D eigenvalue weighted by molar-refractivity contribution is 5.48. The van der Waals surface area contributed by atoms with Crippen LogP contribution in [0.25, 0.3) is 6.20 Å². The summed E-state index contributed by atoms with van der Waals surface area (Å²) in [7, 11) is 0. The molecule has 0 spiro atoms. The van der Waals surface area contributed by atoms with E-state index in [1.165, 1.54) is 0 Å². The lowest BCUT2D eigenvalue weighted by atomic mass is 10.3. The van der Waals surface area contributed by atoms with E-state index >= 15 is 0 Å². The molecule has 1 N–H and O–H groups in total. The van der Waals surface area contributed by atoms with Gasteiger partial charge < -0.3 is 10.1 Å². The molecular formula is C14H17N3O. The Hall–Kier alpha value is -2.23. The molecule has 0 fully saturated rings. The van der Waals surface area contributed by atoms with E-state index in [-0.39, 0.29) is 0 Å². The second-order valence-electron chi connectivity index (χ2n) is 3.83. The summed E-state index contributed by atoms with van der Waals surface area (Å²) in [5, 5.41) is 7.46. The molecule has 0 saturated heterocycles. The van der Waals surface area contributed by atoms with Gasteiger partial charge in [-0.05, 0) is 19.1 Å². The van der Waals surface area contributed by atoms with E-state index in [1.54, 1.807) is 10.9 Å². The lowest BCUT2D eigenvalue weighted by Gasteiger charge is -2.07. The Labute approximate surface area is 107 Å². The van der Waals surface area contributed by atoms with Gasteiger partial charge in [-0.3, -0.25) is 0 Å². The normalized spacial score (nSPS) is 10.1. The third-order valence-electron chi connectivity index (χ3n) is 2.48. The van der Waals surface area contributed by atoms with Gasteiger partial charge in [0.25, 0.3) is 0 Å². The van der Waals surface area contributed by atoms with Crippen LogP contribution in [0.3, 0.4) is 0 Å². The number of anilines is 1. The van der Waals surface area contributed by atoms with Gasteiger partial charge in [0.15, 0.2) is 0 Å². The topological polar surface area (TPSA) is 39.1 Å². The SMILES string of the molecule is C=Cn1cc(CNc2cccc(OCC)c2)cn1. The smallest absolute Gasteiger partial charge is 0.121 e. The summed E-state index contributed by atoms with van der Waals surface area (Å²) in [6.45, 7) is 7.04. The van der Waals surface area contributed by atoms with Crippen LogP contribution in [0.1, 0.15) is 12.5 Å². The molecule has 1 aromatic heterocycles. The van der Waals surface area contributed by atoms with Crippen molar-refractivity contribution in [3.05, 3.63) is 48.8 Å². The quantitative estimate of drug-likeness (QED) is 0.847.